The molecule has 6 amide bonds. The van der Waals surface area contributed by atoms with E-state index >= 15 is 0 Å². The SMILES string of the molecule is C[C@@H](O)[C@H](NC(=O)[C@H](CS)NC(=O)[C@H](CO)NC(=O)[C@H](CC(=O)O)NC(=O)CNC(=O)[C@@H](N)CCCN=C(N)N)C(N)=O. The van der Waals surface area contributed by atoms with Crippen molar-refractivity contribution in [3.63, 3.8) is 0 Å². The lowest BCUT2D eigenvalue weighted by molar-refractivity contribution is -0.141. The van der Waals surface area contributed by atoms with E-state index in [-0.39, 0.29) is 24.7 Å². The number of nitrogens with zero attached hydrogens (tertiary/aromatic N) is 1. The number of guanidine groups is 1. The molecule has 21 heteroatoms. The van der Waals surface area contributed by atoms with E-state index < -0.39 is 97.3 Å². The van der Waals surface area contributed by atoms with Crippen molar-refractivity contribution in [2.75, 3.05) is 25.4 Å². The van der Waals surface area contributed by atoms with Crippen molar-refractivity contribution in [1.82, 2.24) is 26.6 Å². The lowest BCUT2D eigenvalue weighted by atomic mass is 10.1. The van der Waals surface area contributed by atoms with Crippen LogP contribution in [0.15, 0.2) is 4.99 Å². The van der Waals surface area contributed by atoms with Gasteiger partial charge in [-0.15, -0.1) is 0 Å². The molecule has 0 aliphatic heterocycles. The first-order chi connectivity index (χ1) is 20.0. The van der Waals surface area contributed by atoms with Crippen LogP contribution in [0.3, 0.4) is 0 Å². The van der Waals surface area contributed by atoms with E-state index in [1.54, 1.807) is 0 Å². The van der Waals surface area contributed by atoms with Gasteiger partial charge in [-0.3, -0.25) is 38.6 Å². The first kappa shape index (κ1) is 38.8. The maximum atomic E-state index is 12.7. The van der Waals surface area contributed by atoms with Gasteiger partial charge in [0.1, 0.15) is 24.2 Å². The number of aliphatic hydroxyl groups excluding tert-OH is 2. The number of hydrogen-bond donors (Lipinski definition) is 13. The molecule has 0 rings (SSSR count). The van der Waals surface area contributed by atoms with Gasteiger partial charge in [-0.05, 0) is 19.8 Å². The molecule has 0 bridgehead atoms. The Morgan fingerprint density at radius 3 is 1.91 bits per heavy atom. The topological polar surface area (TPSA) is 357 Å². The summed E-state index contributed by atoms with van der Waals surface area (Å²) in [7, 11) is 0. The molecule has 0 aromatic heterocycles. The first-order valence-corrected chi connectivity index (χ1v) is 13.4. The number of primary amides is 1. The zero-order valence-corrected chi connectivity index (χ0v) is 24.2. The lowest BCUT2D eigenvalue weighted by Crippen LogP contribution is -2.60. The minimum atomic E-state index is -1.75. The Hall–Kier alpha value is -4.21. The highest BCUT2D eigenvalue weighted by Crippen LogP contribution is 2.00. The molecule has 0 aromatic rings. The summed E-state index contributed by atoms with van der Waals surface area (Å²) in [5.41, 5.74) is 21.2. The molecule has 0 spiro atoms. The van der Waals surface area contributed by atoms with E-state index in [9.17, 15) is 43.8 Å². The molecule has 0 heterocycles. The number of thiol groups is 1. The van der Waals surface area contributed by atoms with Crippen molar-refractivity contribution in [3.8, 4) is 0 Å². The summed E-state index contributed by atoms with van der Waals surface area (Å²) in [6.07, 6.45) is -1.75. The minimum Gasteiger partial charge on any atom is -0.481 e. The maximum absolute atomic E-state index is 12.7. The summed E-state index contributed by atoms with van der Waals surface area (Å²) in [6, 6.07) is -7.39. The van der Waals surface area contributed by atoms with Crippen LogP contribution in [0.25, 0.3) is 0 Å². The second kappa shape index (κ2) is 19.8. The van der Waals surface area contributed by atoms with Gasteiger partial charge in [0.05, 0.1) is 31.7 Å². The number of aliphatic carboxylic acids is 1. The van der Waals surface area contributed by atoms with Crippen molar-refractivity contribution >= 4 is 60.0 Å². The number of carboxylic acid groups (broad SMARTS) is 1. The molecule has 0 radical (unpaired) electrons. The Balaban J connectivity index is 5.22. The fourth-order valence-electron chi connectivity index (χ4n) is 3.19. The summed E-state index contributed by atoms with van der Waals surface area (Å²) in [5.74, 6) is -7.97. The summed E-state index contributed by atoms with van der Waals surface area (Å²) >= 11 is 3.94. The van der Waals surface area contributed by atoms with Gasteiger partial charge in [-0.1, -0.05) is 0 Å². The molecule has 0 saturated heterocycles. The summed E-state index contributed by atoms with van der Waals surface area (Å²) in [4.78, 5) is 88.7. The van der Waals surface area contributed by atoms with E-state index in [0.29, 0.717) is 6.42 Å². The number of amides is 6. The highest BCUT2D eigenvalue weighted by atomic mass is 32.1. The fraction of sp³-hybridized carbons (Fsp3) is 0.636. The van der Waals surface area contributed by atoms with Crippen molar-refractivity contribution in [3.05, 3.63) is 0 Å². The average Bonchev–Trinajstić information content (AvgIpc) is 2.92. The Kier molecular flexibility index (Phi) is 17.9. The number of nitrogens with two attached hydrogens (primary N) is 4. The van der Waals surface area contributed by atoms with E-state index in [2.05, 4.69) is 44.2 Å². The third kappa shape index (κ3) is 15.6. The third-order valence-electron chi connectivity index (χ3n) is 5.48. The predicted molar refractivity (Wildman–Crippen MR) is 153 cm³/mol. The Bertz CT molecular complexity index is 1040. The van der Waals surface area contributed by atoms with Gasteiger partial charge in [0.25, 0.3) is 0 Å². The molecule has 0 aromatic carbocycles. The normalized spacial score (nSPS) is 14.8. The number of nitrogens with one attached hydrogen (secondary N) is 5. The number of carbonyl (C=O) groups is 7. The molecule has 244 valence electrons. The van der Waals surface area contributed by atoms with Gasteiger partial charge in [0, 0.05) is 12.3 Å². The molecule has 43 heavy (non-hydrogen) atoms. The lowest BCUT2D eigenvalue weighted by Gasteiger charge is -2.25. The van der Waals surface area contributed by atoms with E-state index in [1.165, 1.54) is 6.92 Å². The van der Waals surface area contributed by atoms with Crippen molar-refractivity contribution in [2.45, 2.75) is 62.5 Å². The van der Waals surface area contributed by atoms with Crippen LogP contribution in [0, 0.1) is 0 Å². The first-order valence-electron chi connectivity index (χ1n) is 12.7. The van der Waals surface area contributed by atoms with Crippen LogP contribution in [-0.4, -0.2) is 124 Å². The summed E-state index contributed by atoms with van der Waals surface area (Å²) in [6.45, 7) is -0.272. The molecule has 0 aliphatic rings. The van der Waals surface area contributed by atoms with Crippen LogP contribution in [0.4, 0.5) is 0 Å². The summed E-state index contributed by atoms with van der Waals surface area (Å²) in [5, 5.41) is 39.1. The van der Waals surface area contributed by atoms with Crippen molar-refractivity contribution in [2.24, 2.45) is 27.9 Å². The molecular formula is C22H40N10O10S. The average molecular weight is 637 g/mol. The van der Waals surface area contributed by atoms with Gasteiger partial charge in [0.2, 0.25) is 35.4 Å². The molecule has 16 N–H and O–H groups in total. The quantitative estimate of drug-likeness (QED) is 0.0256. The number of rotatable bonds is 20. The highest BCUT2D eigenvalue weighted by Gasteiger charge is 2.32. The van der Waals surface area contributed by atoms with Gasteiger partial charge in [-0.2, -0.15) is 12.6 Å². The zero-order chi connectivity index (χ0) is 33.3. The second-order valence-corrected chi connectivity index (χ2v) is 9.47. The van der Waals surface area contributed by atoms with E-state index in [0.717, 1.165) is 0 Å². The minimum absolute atomic E-state index is 0.126. The maximum Gasteiger partial charge on any atom is 0.305 e. The molecule has 0 unspecified atom stereocenters. The second-order valence-electron chi connectivity index (χ2n) is 9.11. The zero-order valence-electron chi connectivity index (χ0n) is 23.3. The van der Waals surface area contributed by atoms with Crippen LogP contribution >= 0.6 is 12.6 Å². The Morgan fingerprint density at radius 1 is 0.860 bits per heavy atom. The van der Waals surface area contributed by atoms with Crippen molar-refractivity contribution in [1.29, 1.82) is 0 Å². The van der Waals surface area contributed by atoms with Crippen molar-refractivity contribution < 1.29 is 48.9 Å². The number of aliphatic imine (C=N–C) groups is 1. The predicted octanol–water partition coefficient (Wildman–Crippen LogP) is -7.31. The van der Waals surface area contributed by atoms with Crippen LogP contribution in [0.1, 0.15) is 26.2 Å². The monoisotopic (exact) mass is 636 g/mol. The van der Waals surface area contributed by atoms with Crippen LogP contribution in [0.2, 0.25) is 0 Å². The summed E-state index contributed by atoms with van der Waals surface area (Å²) < 4.78 is 0. The van der Waals surface area contributed by atoms with Crippen LogP contribution in [0.5, 0.6) is 0 Å². The molecule has 0 fully saturated rings. The number of carboxylic acids is 1. The van der Waals surface area contributed by atoms with E-state index in [4.69, 9.17) is 28.0 Å². The van der Waals surface area contributed by atoms with Gasteiger partial charge in [0.15, 0.2) is 5.96 Å². The fourth-order valence-corrected chi connectivity index (χ4v) is 3.45. The van der Waals surface area contributed by atoms with Gasteiger partial charge >= 0.3 is 5.97 Å². The number of carbonyl (C=O) groups excluding carboxylic acids is 6. The highest BCUT2D eigenvalue weighted by molar-refractivity contribution is 7.80. The Labute approximate surface area is 251 Å². The largest absolute Gasteiger partial charge is 0.481 e. The van der Waals surface area contributed by atoms with E-state index in [1.807, 2.05) is 0 Å². The molecule has 20 nitrogen and oxygen atoms in total. The molecule has 6 atom stereocenters. The molecule has 0 aliphatic carbocycles. The number of aliphatic hydroxyl groups is 2. The van der Waals surface area contributed by atoms with Crippen LogP contribution in [-0.2, 0) is 33.6 Å². The van der Waals surface area contributed by atoms with Gasteiger partial charge in [-0.25, -0.2) is 0 Å². The smallest absolute Gasteiger partial charge is 0.305 e. The van der Waals surface area contributed by atoms with Crippen LogP contribution < -0.4 is 49.5 Å². The standard InChI is InChI=1S/C22H40N10O10S/c1-9(34)16(17(24)38)32-21(42)13(8-43)31-20(41)12(7-33)30-19(40)11(5-15(36)37)29-14(35)6-28-18(39)10(23)3-2-4-27-22(25)26/h9-13,16,33-34,43H,2-8,23H2,1H3,(H2,24,38)(H,28,39)(H,29,35)(H,30,40)(H,31,41)(H,32,42)(H,36,37)(H4,25,26,27)/t9-,10+,11+,12+,13+,16+/m1/s1. The molecular weight excluding hydrogens is 596 g/mol. The number of hydrogen-bond acceptors (Lipinski definition) is 12. The molecule has 0 saturated carbocycles. The Morgan fingerprint density at radius 2 is 1.42 bits per heavy atom. The third-order valence-corrected chi connectivity index (χ3v) is 5.84. The van der Waals surface area contributed by atoms with Gasteiger partial charge < -0.3 is 64.8 Å².